The van der Waals surface area contributed by atoms with E-state index < -0.39 is 28.5 Å². The van der Waals surface area contributed by atoms with Gasteiger partial charge in [0.2, 0.25) is 11.8 Å². The van der Waals surface area contributed by atoms with Crippen LogP contribution in [0.2, 0.25) is 0 Å². The molecule has 3 aromatic rings. The van der Waals surface area contributed by atoms with Gasteiger partial charge in [-0.05, 0) is 38.1 Å². The molecule has 0 aliphatic heterocycles. The molecule has 5 nitrogen and oxygen atoms in total. The summed E-state index contributed by atoms with van der Waals surface area (Å²) in [6, 6.07) is 10.9. The number of carbonyl (C=O) groups is 1. The first kappa shape index (κ1) is 18.1. The molecule has 1 aromatic heterocycles. The minimum atomic E-state index is -0.838. The van der Waals surface area contributed by atoms with Crippen LogP contribution in [0.3, 0.4) is 0 Å². The molecular weight excluding hydrogens is 360 g/mol. The van der Waals surface area contributed by atoms with Gasteiger partial charge >= 0.3 is 0 Å². The molecule has 0 aliphatic rings. The highest BCUT2D eigenvalue weighted by Gasteiger charge is 2.21. The summed E-state index contributed by atoms with van der Waals surface area (Å²) >= 11 is 1.00. The average molecular weight is 375 g/mol. The average Bonchev–Trinajstić information content (AvgIpc) is 3.07. The van der Waals surface area contributed by atoms with E-state index in [9.17, 15) is 13.6 Å². The van der Waals surface area contributed by atoms with E-state index in [1.165, 1.54) is 6.07 Å². The lowest BCUT2D eigenvalue weighted by molar-refractivity contribution is -0.115. The molecule has 0 saturated carbocycles. The Morgan fingerprint density at radius 2 is 1.77 bits per heavy atom. The van der Waals surface area contributed by atoms with Crippen molar-refractivity contribution in [3.05, 3.63) is 59.7 Å². The van der Waals surface area contributed by atoms with Crippen LogP contribution < -0.4 is 5.32 Å². The Morgan fingerprint density at radius 3 is 2.42 bits per heavy atom. The summed E-state index contributed by atoms with van der Waals surface area (Å²) in [5.74, 6) is -1.92. The molecule has 26 heavy (non-hydrogen) atoms. The van der Waals surface area contributed by atoms with Crippen LogP contribution in [0.15, 0.2) is 52.1 Å². The zero-order chi connectivity index (χ0) is 18.7. The number of aromatic nitrogens is 2. The Labute approximate surface area is 152 Å². The fourth-order valence-corrected chi connectivity index (χ4v) is 2.80. The van der Waals surface area contributed by atoms with Crippen LogP contribution >= 0.6 is 11.8 Å². The van der Waals surface area contributed by atoms with Crippen LogP contribution in [-0.4, -0.2) is 21.4 Å². The second-order valence-electron chi connectivity index (χ2n) is 5.59. The molecular formula is C18H15F2N3O2S. The van der Waals surface area contributed by atoms with Gasteiger partial charge in [0.05, 0.1) is 5.25 Å². The number of rotatable bonds is 5. The molecule has 0 bridgehead atoms. The maximum absolute atomic E-state index is 13.6. The molecule has 1 heterocycles. The largest absolute Gasteiger partial charge is 0.411 e. The number of thioether (sulfide) groups is 1. The fourth-order valence-electron chi connectivity index (χ4n) is 2.12. The monoisotopic (exact) mass is 375 g/mol. The molecule has 134 valence electrons. The number of carbonyl (C=O) groups excluding carboxylic acids is 1. The number of hydrogen-bond donors (Lipinski definition) is 1. The number of aryl methyl sites for hydroxylation is 1. The van der Waals surface area contributed by atoms with Gasteiger partial charge in [-0.3, -0.25) is 4.79 Å². The van der Waals surface area contributed by atoms with Crippen molar-refractivity contribution in [1.29, 1.82) is 0 Å². The fraction of sp³-hybridized carbons (Fsp3) is 0.167. The second kappa shape index (κ2) is 7.65. The zero-order valence-electron chi connectivity index (χ0n) is 14.0. The van der Waals surface area contributed by atoms with Crippen molar-refractivity contribution in [3.63, 3.8) is 0 Å². The number of hydrogen-bond acceptors (Lipinski definition) is 5. The normalized spacial score (nSPS) is 12.0. The first-order chi connectivity index (χ1) is 12.4. The van der Waals surface area contributed by atoms with Crippen LogP contribution in [0.4, 0.5) is 14.5 Å². The summed E-state index contributed by atoms with van der Waals surface area (Å²) in [6.07, 6.45) is 0. The third-order valence-corrected chi connectivity index (χ3v) is 4.50. The van der Waals surface area contributed by atoms with E-state index in [1.807, 2.05) is 31.2 Å². The van der Waals surface area contributed by atoms with Crippen LogP contribution in [0.5, 0.6) is 0 Å². The van der Waals surface area contributed by atoms with Gasteiger partial charge < -0.3 is 9.73 Å². The van der Waals surface area contributed by atoms with E-state index in [0.29, 0.717) is 5.89 Å². The quantitative estimate of drug-likeness (QED) is 0.668. The van der Waals surface area contributed by atoms with Crippen LogP contribution in [0.1, 0.15) is 12.5 Å². The van der Waals surface area contributed by atoms with E-state index in [-0.39, 0.29) is 5.22 Å². The van der Waals surface area contributed by atoms with Crippen LogP contribution in [0, 0.1) is 18.6 Å². The van der Waals surface area contributed by atoms with E-state index >= 15 is 0 Å². The van der Waals surface area contributed by atoms with Gasteiger partial charge in [-0.15, -0.1) is 10.2 Å². The number of nitrogens with one attached hydrogen (secondary N) is 1. The van der Waals surface area contributed by atoms with Crippen molar-refractivity contribution >= 4 is 23.4 Å². The molecule has 1 N–H and O–H groups in total. The molecule has 3 rings (SSSR count). The number of para-hydroxylation sites is 1. The van der Waals surface area contributed by atoms with Crippen LogP contribution in [-0.2, 0) is 4.79 Å². The number of amides is 1. The third kappa shape index (κ3) is 4.08. The lowest BCUT2D eigenvalue weighted by Gasteiger charge is -2.11. The van der Waals surface area contributed by atoms with Crippen molar-refractivity contribution in [2.24, 2.45) is 0 Å². The maximum atomic E-state index is 13.6. The summed E-state index contributed by atoms with van der Waals surface area (Å²) in [5.41, 5.74) is 1.39. The van der Waals surface area contributed by atoms with Gasteiger partial charge in [0.1, 0.15) is 17.3 Å². The molecule has 1 unspecified atom stereocenters. The molecule has 0 fully saturated rings. The van der Waals surface area contributed by atoms with E-state index in [1.54, 1.807) is 6.92 Å². The lowest BCUT2D eigenvalue weighted by Crippen LogP contribution is -2.23. The minimum absolute atomic E-state index is 0.192. The van der Waals surface area contributed by atoms with Crippen molar-refractivity contribution in [1.82, 2.24) is 10.2 Å². The summed E-state index contributed by atoms with van der Waals surface area (Å²) in [4.78, 5) is 12.2. The predicted molar refractivity (Wildman–Crippen MR) is 94.8 cm³/mol. The van der Waals surface area contributed by atoms with Crippen molar-refractivity contribution in [2.45, 2.75) is 24.3 Å². The molecule has 0 radical (unpaired) electrons. The Kier molecular flexibility index (Phi) is 5.32. The first-order valence-electron chi connectivity index (χ1n) is 7.76. The Hall–Kier alpha value is -2.74. The first-order valence-corrected chi connectivity index (χ1v) is 8.64. The summed E-state index contributed by atoms with van der Waals surface area (Å²) < 4.78 is 32.8. The van der Waals surface area contributed by atoms with E-state index in [2.05, 4.69) is 15.5 Å². The van der Waals surface area contributed by atoms with Crippen LogP contribution in [0.25, 0.3) is 11.5 Å². The highest BCUT2D eigenvalue weighted by molar-refractivity contribution is 8.00. The molecule has 0 spiro atoms. The summed E-state index contributed by atoms with van der Waals surface area (Å²) in [6.45, 7) is 3.55. The third-order valence-electron chi connectivity index (χ3n) is 3.56. The summed E-state index contributed by atoms with van der Waals surface area (Å²) in [5, 5.41) is 9.59. The summed E-state index contributed by atoms with van der Waals surface area (Å²) in [7, 11) is 0. The Balaban J connectivity index is 1.67. The number of anilines is 1. The van der Waals surface area contributed by atoms with Gasteiger partial charge in [0.25, 0.3) is 5.22 Å². The number of halogens is 2. The number of nitrogens with zero attached hydrogens (tertiary/aromatic N) is 2. The highest BCUT2D eigenvalue weighted by atomic mass is 32.2. The van der Waals surface area contributed by atoms with E-state index in [0.717, 1.165) is 35.0 Å². The Morgan fingerprint density at radius 1 is 1.12 bits per heavy atom. The molecule has 0 saturated heterocycles. The highest BCUT2D eigenvalue weighted by Crippen LogP contribution is 2.27. The zero-order valence-corrected chi connectivity index (χ0v) is 14.8. The van der Waals surface area contributed by atoms with Crippen molar-refractivity contribution in [2.75, 3.05) is 5.32 Å². The van der Waals surface area contributed by atoms with Crippen molar-refractivity contribution < 1.29 is 18.0 Å². The van der Waals surface area contributed by atoms with Gasteiger partial charge in [0.15, 0.2) is 0 Å². The molecule has 8 heteroatoms. The SMILES string of the molecule is Cc1ccc(-c2nnc(SC(C)C(=O)Nc3c(F)cccc3F)o2)cc1. The molecule has 1 amide bonds. The van der Waals surface area contributed by atoms with Gasteiger partial charge in [-0.1, -0.05) is 35.5 Å². The molecule has 1 atom stereocenters. The predicted octanol–water partition coefficient (Wildman–Crippen LogP) is 4.44. The lowest BCUT2D eigenvalue weighted by atomic mass is 10.1. The Bertz CT molecular complexity index is 908. The number of benzene rings is 2. The second-order valence-corrected chi connectivity index (χ2v) is 6.88. The van der Waals surface area contributed by atoms with Crippen molar-refractivity contribution in [3.8, 4) is 11.5 Å². The minimum Gasteiger partial charge on any atom is -0.411 e. The topological polar surface area (TPSA) is 68.0 Å². The molecule has 0 aliphatic carbocycles. The smallest absolute Gasteiger partial charge is 0.277 e. The van der Waals surface area contributed by atoms with E-state index in [4.69, 9.17) is 4.42 Å². The maximum Gasteiger partial charge on any atom is 0.277 e. The van der Waals surface area contributed by atoms with Gasteiger partial charge in [-0.2, -0.15) is 0 Å². The molecule has 2 aromatic carbocycles. The van der Waals surface area contributed by atoms with Gasteiger partial charge in [0, 0.05) is 5.56 Å². The van der Waals surface area contributed by atoms with Gasteiger partial charge in [-0.25, -0.2) is 8.78 Å². The standard InChI is InChI=1S/C18H15F2N3O2S/c1-10-6-8-12(9-7-10)17-22-23-18(25-17)26-11(2)16(24)21-15-13(19)4-3-5-14(15)20/h3-9,11H,1-2H3,(H,21,24).